The molecule has 0 unspecified atom stereocenters. The number of fused-ring (bicyclic) bond motifs is 6. The molecule has 228 valence electrons. The number of amides is 1. The van der Waals surface area contributed by atoms with E-state index in [-0.39, 0.29) is 17.4 Å². The van der Waals surface area contributed by atoms with Crippen molar-refractivity contribution >= 4 is 17.6 Å². The van der Waals surface area contributed by atoms with E-state index in [0.717, 1.165) is 19.3 Å². The summed E-state index contributed by atoms with van der Waals surface area (Å²) < 4.78 is 12.1. The van der Waals surface area contributed by atoms with Crippen molar-refractivity contribution in [3.05, 3.63) is 76.9 Å². The van der Waals surface area contributed by atoms with E-state index in [4.69, 9.17) is 9.47 Å². The Hall–Kier alpha value is -4.00. The van der Waals surface area contributed by atoms with Gasteiger partial charge in [-0.1, -0.05) is 90.0 Å². The summed E-state index contributed by atoms with van der Waals surface area (Å²) in [5.41, 5.74) is 1.31. The number of hydrogen-bond donors (Lipinski definition) is 3. The van der Waals surface area contributed by atoms with Gasteiger partial charge in [-0.2, -0.15) is 0 Å². The Kier molecular flexibility index (Phi) is 9.90. The molecule has 0 aromatic heterocycles. The monoisotopic (exact) mass is 585 g/mol. The first kappa shape index (κ1) is 30.5. The lowest BCUT2D eigenvalue weighted by atomic mass is 9.77. The summed E-state index contributed by atoms with van der Waals surface area (Å²) in [6.45, 7) is 2.25. The van der Waals surface area contributed by atoms with Crippen LogP contribution < -0.4 is 10.1 Å². The summed E-state index contributed by atoms with van der Waals surface area (Å²) in [5.74, 6) is 0.0643. The zero-order valence-corrected chi connectivity index (χ0v) is 25.1. The van der Waals surface area contributed by atoms with Gasteiger partial charge in [-0.3, -0.25) is 4.79 Å². The van der Waals surface area contributed by atoms with Gasteiger partial charge in [-0.25, -0.2) is 4.79 Å². The average molecular weight is 586 g/mol. The molecule has 0 fully saturated rings. The van der Waals surface area contributed by atoms with Gasteiger partial charge in [0.2, 0.25) is 5.91 Å². The molecule has 3 N–H and O–H groups in total. The quantitative estimate of drug-likeness (QED) is 0.121. The van der Waals surface area contributed by atoms with Gasteiger partial charge in [-0.15, -0.1) is 0 Å². The molecule has 0 atom stereocenters. The molecule has 0 aliphatic carbocycles. The number of carbonyl (C=O) groups excluding carboxylic acids is 2. The smallest absolute Gasteiger partial charge is 0.340 e. The minimum atomic E-state index is -1.31. The van der Waals surface area contributed by atoms with Crippen LogP contribution >= 0.6 is 0 Å². The Bertz CT molecular complexity index is 1400. The third kappa shape index (κ3) is 6.82. The van der Waals surface area contributed by atoms with Gasteiger partial charge in [0.1, 0.15) is 23.0 Å². The number of nitrogens with one attached hydrogen (secondary N) is 1. The lowest BCUT2D eigenvalue weighted by Crippen LogP contribution is -2.32. The summed E-state index contributed by atoms with van der Waals surface area (Å²) in [6.07, 6.45) is 16.8. The van der Waals surface area contributed by atoms with E-state index >= 15 is 0 Å². The summed E-state index contributed by atoms with van der Waals surface area (Å²) in [4.78, 5) is 26.0. The topological polar surface area (TPSA) is 105 Å². The van der Waals surface area contributed by atoms with E-state index in [0.29, 0.717) is 45.9 Å². The van der Waals surface area contributed by atoms with Gasteiger partial charge in [0.05, 0.1) is 5.56 Å². The van der Waals surface area contributed by atoms with Crippen LogP contribution in [-0.4, -0.2) is 22.1 Å². The molecule has 43 heavy (non-hydrogen) atoms. The van der Waals surface area contributed by atoms with E-state index in [1.165, 1.54) is 88.5 Å². The van der Waals surface area contributed by atoms with Crippen molar-refractivity contribution in [3.63, 3.8) is 0 Å². The first-order valence-corrected chi connectivity index (χ1v) is 15.9. The third-order valence-electron chi connectivity index (χ3n) is 8.56. The molecule has 0 saturated heterocycles. The maximum atomic E-state index is 13.3. The van der Waals surface area contributed by atoms with Crippen LogP contribution in [0.4, 0.5) is 5.69 Å². The number of rotatable bonds is 15. The van der Waals surface area contributed by atoms with E-state index in [9.17, 15) is 19.8 Å². The van der Waals surface area contributed by atoms with Crippen molar-refractivity contribution < 1.29 is 29.3 Å². The average Bonchev–Trinajstić information content (AvgIpc) is 3.26. The molecule has 0 bridgehead atoms. The normalized spacial score (nSPS) is 14.0. The molecule has 3 aromatic carbocycles. The molecule has 2 heterocycles. The summed E-state index contributed by atoms with van der Waals surface area (Å²) >= 11 is 0. The van der Waals surface area contributed by atoms with Crippen LogP contribution in [0.3, 0.4) is 0 Å². The lowest BCUT2D eigenvalue weighted by molar-refractivity contribution is -0.116. The maximum Gasteiger partial charge on any atom is 0.340 e. The predicted molar refractivity (Wildman–Crippen MR) is 167 cm³/mol. The van der Waals surface area contributed by atoms with Crippen LogP contribution in [0.25, 0.3) is 0 Å². The molecular weight excluding hydrogens is 542 g/mol. The minimum Gasteiger partial charge on any atom is -0.508 e. The SMILES string of the molecule is CCCCCCCCCCCCCCCC(=O)Nc1ccc2c(c1)C(=O)OC21c2ccc(O)cc2Oc2cc(O)ccc21. The Morgan fingerprint density at radius 3 is 1.77 bits per heavy atom. The van der Waals surface area contributed by atoms with E-state index < -0.39 is 11.6 Å². The fraction of sp³-hybridized carbons (Fsp3) is 0.444. The number of anilines is 1. The second-order valence-corrected chi connectivity index (χ2v) is 11.8. The van der Waals surface area contributed by atoms with Gasteiger partial charge >= 0.3 is 5.97 Å². The fourth-order valence-electron chi connectivity index (χ4n) is 6.31. The highest BCUT2D eigenvalue weighted by molar-refractivity contribution is 5.99. The number of benzene rings is 3. The number of hydrogen-bond acceptors (Lipinski definition) is 6. The van der Waals surface area contributed by atoms with Crippen molar-refractivity contribution in [3.8, 4) is 23.0 Å². The van der Waals surface area contributed by atoms with Crippen LogP contribution in [0.2, 0.25) is 0 Å². The van der Waals surface area contributed by atoms with Crippen LogP contribution in [0, 0.1) is 0 Å². The van der Waals surface area contributed by atoms with Crippen LogP contribution in [0.1, 0.15) is 124 Å². The second kappa shape index (κ2) is 14.0. The molecular formula is C36H43NO6. The van der Waals surface area contributed by atoms with Gasteiger partial charge in [0, 0.05) is 40.9 Å². The third-order valence-corrected chi connectivity index (χ3v) is 8.56. The number of aromatic hydroxyl groups is 2. The second-order valence-electron chi connectivity index (χ2n) is 11.8. The van der Waals surface area contributed by atoms with E-state index in [2.05, 4.69) is 12.2 Å². The van der Waals surface area contributed by atoms with Crippen LogP contribution in [0.15, 0.2) is 54.6 Å². The zero-order chi connectivity index (χ0) is 30.2. The molecule has 2 aliphatic heterocycles. The zero-order valence-electron chi connectivity index (χ0n) is 25.1. The minimum absolute atomic E-state index is 0.00334. The number of ether oxygens (including phenoxy) is 2. The van der Waals surface area contributed by atoms with Gasteiger partial charge in [0.15, 0.2) is 5.60 Å². The number of unbranched alkanes of at least 4 members (excludes halogenated alkanes) is 12. The summed E-state index contributed by atoms with van der Waals surface area (Å²) in [6, 6.07) is 14.5. The summed E-state index contributed by atoms with van der Waals surface area (Å²) in [5, 5.41) is 23.1. The van der Waals surface area contributed by atoms with Gasteiger partial charge < -0.3 is 25.0 Å². The molecule has 7 nitrogen and oxygen atoms in total. The molecule has 3 aromatic rings. The molecule has 5 rings (SSSR count). The van der Waals surface area contributed by atoms with E-state index in [1.54, 1.807) is 30.3 Å². The highest BCUT2D eigenvalue weighted by Crippen LogP contribution is 2.57. The number of phenolic OH excluding ortho intramolecular Hbond substituents is 2. The number of esters is 1. The van der Waals surface area contributed by atoms with E-state index in [1.807, 2.05) is 0 Å². The fourth-order valence-corrected chi connectivity index (χ4v) is 6.31. The Morgan fingerprint density at radius 2 is 1.21 bits per heavy atom. The molecule has 1 spiro atoms. The maximum absolute atomic E-state index is 13.3. The van der Waals surface area contributed by atoms with Crippen molar-refractivity contribution in [2.75, 3.05) is 5.32 Å². The van der Waals surface area contributed by atoms with Crippen molar-refractivity contribution in [1.82, 2.24) is 0 Å². The van der Waals surface area contributed by atoms with Crippen LogP contribution in [-0.2, 0) is 15.1 Å². The molecule has 7 heteroatoms. The predicted octanol–water partition coefficient (Wildman–Crippen LogP) is 9.09. The van der Waals surface area contributed by atoms with Crippen molar-refractivity contribution in [2.45, 2.75) is 102 Å². The Morgan fingerprint density at radius 1 is 0.698 bits per heavy atom. The van der Waals surface area contributed by atoms with Gasteiger partial charge in [-0.05, 0) is 42.8 Å². The molecule has 0 saturated carbocycles. The lowest BCUT2D eigenvalue weighted by Gasteiger charge is -2.36. The molecule has 0 radical (unpaired) electrons. The highest BCUT2D eigenvalue weighted by Gasteiger charge is 2.53. The first-order valence-electron chi connectivity index (χ1n) is 15.9. The molecule has 2 aliphatic rings. The Labute approximate surface area is 254 Å². The van der Waals surface area contributed by atoms with Crippen molar-refractivity contribution in [2.24, 2.45) is 0 Å². The molecule has 1 amide bonds. The van der Waals surface area contributed by atoms with Crippen LogP contribution in [0.5, 0.6) is 23.0 Å². The highest BCUT2D eigenvalue weighted by atomic mass is 16.6. The van der Waals surface area contributed by atoms with Gasteiger partial charge in [0.25, 0.3) is 0 Å². The number of carbonyl (C=O) groups is 2. The van der Waals surface area contributed by atoms with Crippen molar-refractivity contribution in [1.29, 1.82) is 0 Å². The Balaban J connectivity index is 1.15. The largest absolute Gasteiger partial charge is 0.508 e. The number of phenols is 2. The first-order chi connectivity index (χ1) is 20.9. The summed E-state index contributed by atoms with van der Waals surface area (Å²) in [7, 11) is 0. The standard InChI is InChI=1S/C36H43NO6/c1-2-3-4-5-6-7-8-9-10-11-12-13-14-15-34(40)37-25-16-19-29-28(22-25)35(41)43-36(29)30-20-17-26(38)23-32(30)42-33-24-27(39)18-21-31(33)36/h16-24,38-39H,2-15H2,1H3,(H,37,40).